The van der Waals surface area contributed by atoms with Gasteiger partial charge in [-0.3, -0.25) is 0 Å². The molecule has 3 heteroatoms. The Morgan fingerprint density at radius 2 is 1.83 bits per heavy atom. The first-order chi connectivity index (χ1) is 8.67. The van der Waals surface area contributed by atoms with E-state index in [-0.39, 0.29) is 4.83 Å². The second kappa shape index (κ2) is 6.07. The number of rotatable bonds is 4. The number of furan rings is 1. The molecule has 18 heavy (non-hydrogen) atoms. The summed E-state index contributed by atoms with van der Waals surface area (Å²) in [7, 11) is 0. The van der Waals surface area contributed by atoms with Crippen LogP contribution in [0, 0.1) is 0 Å². The normalized spacial score (nSPS) is 12.7. The van der Waals surface area contributed by atoms with Crippen LogP contribution in [-0.4, -0.2) is 0 Å². The van der Waals surface area contributed by atoms with Gasteiger partial charge < -0.3 is 4.42 Å². The second-order valence-electron chi connectivity index (χ2n) is 4.25. The van der Waals surface area contributed by atoms with Crippen molar-refractivity contribution in [3.63, 3.8) is 0 Å². The quantitative estimate of drug-likeness (QED) is 0.632. The Kier molecular flexibility index (Phi) is 4.68. The SMILES string of the molecule is CCc1ccc(C(Br)c2ccoc2Br)cc1CC. The molecule has 1 aromatic carbocycles. The zero-order chi connectivity index (χ0) is 13.1. The summed E-state index contributed by atoms with van der Waals surface area (Å²) in [6.07, 6.45) is 3.87. The molecular formula is C15H16Br2O. The first kappa shape index (κ1) is 13.9. The highest BCUT2D eigenvalue weighted by molar-refractivity contribution is 9.10. The first-order valence-electron chi connectivity index (χ1n) is 6.16. The van der Waals surface area contributed by atoms with Crippen LogP contribution >= 0.6 is 31.9 Å². The van der Waals surface area contributed by atoms with Crippen molar-refractivity contribution in [3.05, 3.63) is 57.5 Å². The highest BCUT2D eigenvalue weighted by Crippen LogP contribution is 2.36. The molecule has 2 aromatic rings. The smallest absolute Gasteiger partial charge is 0.173 e. The lowest BCUT2D eigenvalue weighted by Crippen LogP contribution is -1.97. The van der Waals surface area contributed by atoms with E-state index in [0.29, 0.717) is 0 Å². The Labute approximate surface area is 125 Å². The van der Waals surface area contributed by atoms with Gasteiger partial charge in [-0.2, -0.15) is 0 Å². The largest absolute Gasteiger partial charge is 0.457 e. The van der Waals surface area contributed by atoms with E-state index >= 15 is 0 Å². The average Bonchev–Trinajstić information content (AvgIpc) is 2.83. The van der Waals surface area contributed by atoms with Crippen molar-refractivity contribution in [2.45, 2.75) is 31.5 Å². The van der Waals surface area contributed by atoms with Gasteiger partial charge in [-0.25, -0.2) is 0 Å². The molecule has 1 nitrogen and oxygen atoms in total. The zero-order valence-corrected chi connectivity index (χ0v) is 13.7. The van der Waals surface area contributed by atoms with Crippen LogP contribution in [0.3, 0.4) is 0 Å². The van der Waals surface area contributed by atoms with Crippen molar-refractivity contribution in [2.75, 3.05) is 0 Å². The number of hydrogen-bond acceptors (Lipinski definition) is 1. The van der Waals surface area contributed by atoms with Gasteiger partial charge >= 0.3 is 0 Å². The maximum Gasteiger partial charge on any atom is 0.173 e. The van der Waals surface area contributed by atoms with Gasteiger partial charge in [0.25, 0.3) is 0 Å². The summed E-state index contributed by atoms with van der Waals surface area (Å²) in [5.41, 5.74) is 5.26. The van der Waals surface area contributed by atoms with Crippen molar-refractivity contribution in [3.8, 4) is 0 Å². The number of halogens is 2. The summed E-state index contributed by atoms with van der Waals surface area (Å²) in [6, 6.07) is 8.70. The fourth-order valence-electron chi connectivity index (χ4n) is 2.14. The maximum atomic E-state index is 5.30. The average molecular weight is 372 g/mol. The Morgan fingerprint density at radius 1 is 1.11 bits per heavy atom. The van der Waals surface area contributed by atoms with E-state index in [2.05, 4.69) is 63.9 Å². The fourth-order valence-corrected chi connectivity index (χ4v) is 3.56. The molecule has 1 unspecified atom stereocenters. The van der Waals surface area contributed by atoms with Crippen molar-refractivity contribution >= 4 is 31.9 Å². The summed E-state index contributed by atoms with van der Waals surface area (Å²) >= 11 is 7.18. The van der Waals surface area contributed by atoms with Crippen LogP contribution in [0.5, 0.6) is 0 Å². The predicted octanol–water partition coefficient (Wildman–Crippen LogP) is 5.65. The fraction of sp³-hybridized carbons (Fsp3) is 0.333. The first-order valence-corrected chi connectivity index (χ1v) is 7.86. The summed E-state index contributed by atoms with van der Waals surface area (Å²) in [5.74, 6) is 0. The van der Waals surface area contributed by atoms with Gasteiger partial charge in [0.15, 0.2) is 4.67 Å². The van der Waals surface area contributed by atoms with Gasteiger partial charge in [0.1, 0.15) is 0 Å². The van der Waals surface area contributed by atoms with Crippen LogP contribution in [0.1, 0.15) is 40.9 Å². The van der Waals surface area contributed by atoms with Gasteiger partial charge in [-0.1, -0.05) is 48.0 Å². The summed E-state index contributed by atoms with van der Waals surface area (Å²) in [6.45, 7) is 4.40. The highest BCUT2D eigenvalue weighted by Gasteiger charge is 2.16. The highest BCUT2D eigenvalue weighted by atomic mass is 79.9. The van der Waals surface area contributed by atoms with E-state index in [0.717, 1.165) is 23.1 Å². The van der Waals surface area contributed by atoms with Gasteiger partial charge in [0.05, 0.1) is 11.1 Å². The minimum atomic E-state index is 0.168. The molecule has 2 rings (SSSR count). The second-order valence-corrected chi connectivity index (χ2v) is 5.88. The third-order valence-electron chi connectivity index (χ3n) is 3.20. The van der Waals surface area contributed by atoms with E-state index in [1.54, 1.807) is 6.26 Å². The summed E-state index contributed by atoms with van der Waals surface area (Å²) < 4.78 is 6.09. The lowest BCUT2D eigenvalue weighted by atomic mass is 9.97. The van der Waals surface area contributed by atoms with Crippen molar-refractivity contribution in [1.29, 1.82) is 0 Å². The van der Waals surface area contributed by atoms with E-state index in [4.69, 9.17) is 4.42 Å². The van der Waals surface area contributed by atoms with Gasteiger partial charge in [-0.05, 0) is 51.5 Å². The minimum Gasteiger partial charge on any atom is -0.457 e. The van der Waals surface area contributed by atoms with Crippen LogP contribution in [0.15, 0.2) is 39.6 Å². The molecule has 0 saturated carbocycles. The molecule has 96 valence electrons. The van der Waals surface area contributed by atoms with Crippen LogP contribution in [0.25, 0.3) is 0 Å². The molecule has 0 N–H and O–H groups in total. The van der Waals surface area contributed by atoms with Crippen molar-refractivity contribution < 1.29 is 4.42 Å². The number of aryl methyl sites for hydroxylation is 2. The Balaban J connectivity index is 2.37. The Hall–Kier alpha value is -0.540. The number of benzene rings is 1. The molecular weight excluding hydrogens is 356 g/mol. The topological polar surface area (TPSA) is 13.1 Å². The van der Waals surface area contributed by atoms with E-state index in [1.807, 2.05) is 6.07 Å². The molecule has 0 radical (unpaired) electrons. The molecule has 1 aromatic heterocycles. The van der Waals surface area contributed by atoms with Crippen LogP contribution < -0.4 is 0 Å². The number of hydrogen-bond donors (Lipinski definition) is 0. The van der Waals surface area contributed by atoms with E-state index in [9.17, 15) is 0 Å². The van der Waals surface area contributed by atoms with E-state index in [1.165, 1.54) is 16.7 Å². The monoisotopic (exact) mass is 370 g/mol. The molecule has 0 amide bonds. The molecule has 0 aliphatic heterocycles. The molecule has 0 aliphatic carbocycles. The van der Waals surface area contributed by atoms with Gasteiger partial charge in [0, 0.05) is 5.56 Å². The van der Waals surface area contributed by atoms with Crippen molar-refractivity contribution in [2.24, 2.45) is 0 Å². The van der Waals surface area contributed by atoms with Crippen LogP contribution in [0.4, 0.5) is 0 Å². The lowest BCUT2D eigenvalue weighted by molar-refractivity contribution is 0.537. The standard InChI is InChI=1S/C15H16Br2O/c1-3-10-5-6-12(9-11(10)4-2)14(16)13-7-8-18-15(13)17/h5-9,14H,3-4H2,1-2H3. The molecule has 0 spiro atoms. The summed E-state index contributed by atoms with van der Waals surface area (Å²) in [5, 5.41) is 0. The van der Waals surface area contributed by atoms with Crippen LogP contribution in [0.2, 0.25) is 0 Å². The minimum absolute atomic E-state index is 0.168. The predicted molar refractivity (Wildman–Crippen MR) is 82.4 cm³/mol. The van der Waals surface area contributed by atoms with Crippen LogP contribution in [-0.2, 0) is 12.8 Å². The van der Waals surface area contributed by atoms with Crippen molar-refractivity contribution in [1.82, 2.24) is 0 Å². The molecule has 0 bridgehead atoms. The van der Waals surface area contributed by atoms with Gasteiger partial charge in [0.2, 0.25) is 0 Å². The van der Waals surface area contributed by atoms with E-state index < -0.39 is 0 Å². The third-order valence-corrected chi connectivity index (χ3v) is 4.87. The third kappa shape index (κ3) is 2.72. The Morgan fingerprint density at radius 3 is 2.39 bits per heavy atom. The Bertz CT molecular complexity index is 531. The molecule has 1 heterocycles. The molecule has 1 atom stereocenters. The van der Waals surface area contributed by atoms with Gasteiger partial charge in [-0.15, -0.1) is 0 Å². The lowest BCUT2D eigenvalue weighted by Gasteiger charge is -2.13. The zero-order valence-electron chi connectivity index (χ0n) is 10.5. The summed E-state index contributed by atoms with van der Waals surface area (Å²) in [4.78, 5) is 0.168. The number of alkyl halides is 1. The molecule has 0 aliphatic rings. The molecule has 0 saturated heterocycles. The maximum absolute atomic E-state index is 5.30. The molecule has 0 fully saturated rings.